The molecule has 0 radical (unpaired) electrons. The summed E-state index contributed by atoms with van der Waals surface area (Å²) in [5.74, 6) is 1.06. The third-order valence-electron chi connectivity index (χ3n) is 4.11. The summed E-state index contributed by atoms with van der Waals surface area (Å²) in [5, 5.41) is 3.08. The van der Waals surface area contributed by atoms with Crippen molar-refractivity contribution < 1.29 is 4.79 Å². The van der Waals surface area contributed by atoms with E-state index in [0.29, 0.717) is 0 Å². The SMILES string of the molecule is C[C@H](SCc1ccccc1)C(=O)NCCCN1CCCCC1. The van der Waals surface area contributed by atoms with Crippen molar-refractivity contribution in [1.82, 2.24) is 10.2 Å². The Kier molecular flexibility index (Phi) is 7.81. The summed E-state index contributed by atoms with van der Waals surface area (Å²) in [7, 11) is 0. The van der Waals surface area contributed by atoms with Gasteiger partial charge < -0.3 is 10.2 Å². The molecule has 1 amide bonds. The first-order valence-corrected chi connectivity index (χ1v) is 9.46. The standard InChI is InChI=1S/C18H28N2OS/c1-16(22-15-17-9-4-2-5-10-17)18(21)19-11-8-14-20-12-6-3-7-13-20/h2,4-5,9-10,16H,3,6-8,11-15H2,1H3,(H,19,21)/t16-/m0/s1. The molecule has 0 unspecified atom stereocenters. The maximum atomic E-state index is 12.1. The van der Waals surface area contributed by atoms with Crippen LogP contribution in [0.15, 0.2) is 30.3 Å². The van der Waals surface area contributed by atoms with E-state index in [0.717, 1.165) is 25.3 Å². The summed E-state index contributed by atoms with van der Waals surface area (Å²) in [5.41, 5.74) is 1.28. The highest BCUT2D eigenvalue weighted by atomic mass is 32.2. The number of nitrogens with one attached hydrogen (secondary N) is 1. The van der Waals surface area contributed by atoms with Gasteiger partial charge in [-0.1, -0.05) is 36.8 Å². The van der Waals surface area contributed by atoms with Crippen molar-refractivity contribution in [1.29, 1.82) is 0 Å². The molecule has 1 aliphatic rings. The number of hydrogen-bond acceptors (Lipinski definition) is 3. The summed E-state index contributed by atoms with van der Waals surface area (Å²) in [4.78, 5) is 14.6. The van der Waals surface area contributed by atoms with Gasteiger partial charge in [0.15, 0.2) is 0 Å². The van der Waals surface area contributed by atoms with Crippen molar-refractivity contribution in [3.8, 4) is 0 Å². The lowest BCUT2D eigenvalue weighted by atomic mass is 10.1. The van der Waals surface area contributed by atoms with Crippen LogP contribution in [0.1, 0.15) is 38.2 Å². The quantitative estimate of drug-likeness (QED) is 0.746. The highest BCUT2D eigenvalue weighted by Gasteiger charge is 2.13. The molecule has 1 N–H and O–H groups in total. The minimum atomic E-state index is 0.00944. The smallest absolute Gasteiger partial charge is 0.232 e. The maximum absolute atomic E-state index is 12.1. The Morgan fingerprint density at radius 3 is 2.68 bits per heavy atom. The lowest BCUT2D eigenvalue weighted by Crippen LogP contribution is -2.35. The van der Waals surface area contributed by atoms with Crippen molar-refractivity contribution in [2.75, 3.05) is 26.2 Å². The average molecular weight is 321 g/mol. The number of hydrogen-bond donors (Lipinski definition) is 1. The first-order chi connectivity index (χ1) is 10.8. The number of carbonyl (C=O) groups excluding carboxylic acids is 1. The number of nitrogens with zero attached hydrogens (tertiary/aromatic N) is 1. The van der Waals surface area contributed by atoms with Gasteiger partial charge in [-0.2, -0.15) is 0 Å². The van der Waals surface area contributed by atoms with Crippen LogP contribution in [0.25, 0.3) is 0 Å². The van der Waals surface area contributed by atoms with Gasteiger partial charge in [0.05, 0.1) is 5.25 Å². The van der Waals surface area contributed by atoms with Gasteiger partial charge in [0.2, 0.25) is 5.91 Å². The van der Waals surface area contributed by atoms with Crippen LogP contribution in [-0.2, 0) is 10.5 Å². The molecular weight excluding hydrogens is 292 g/mol. The Labute approximate surface area is 138 Å². The van der Waals surface area contributed by atoms with Crippen molar-refractivity contribution in [3.63, 3.8) is 0 Å². The van der Waals surface area contributed by atoms with Crippen molar-refractivity contribution in [3.05, 3.63) is 35.9 Å². The van der Waals surface area contributed by atoms with Gasteiger partial charge in [0.1, 0.15) is 0 Å². The van der Waals surface area contributed by atoms with Crippen LogP contribution in [-0.4, -0.2) is 42.2 Å². The number of likely N-dealkylation sites (tertiary alicyclic amines) is 1. The second-order valence-corrected chi connectivity index (χ2v) is 7.31. The molecule has 1 heterocycles. The molecule has 1 fully saturated rings. The van der Waals surface area contributed by atoms with E-state index in [1.165, 1.54) is 37.9 Å². The van der Waals surface area contributed by atoms with Crippen molar-refractivity contribution in [2.45, 2.75) is 43.6 Å². The summed E-state index contributed by atoms with van der Waals surface area (Å²) < 4.78 is 0. The van der Waals surface area contributed by atoms with E-state index < -0.39 is 0 Å². The molecular formula is C18H28N2OS. The number of piperidine rings is 1. The molecule has 2 rings (SSSR count). The molecule has 0 spiro atoms. The summed E-state index contributed by atoms with van der Waals surface area (Å²) in [6, 6.07) is 10.3. The molecule has 1 aromatic rings. The van der Waals surface area contributed by atoms with Gasteiger partial charge in [-0.25, -0.2) is 0 Å². The third-order valence-corrected chi connectivity index (χ3v) is 5.33. The zero-order chi connectivity index (χ0) is 15.6. The fraction of sp³-hybridized carbons (Fsp3) is 0.611. The van der Waals surface area contributed by atoms with Gasteiger partial charge >= 0.3 is 0 Å². The zero-order valence-corrected chi connectivity index (χ0v) is 14.4. The molecule has 1 aromatic carbocycles. The number of thioether (sulfide) groups is 1. The molecule has 122 valence electrons. The van der Waals surface area contributed by atoms with Crippen LogP contribution < -0.4 is 5.32 Å². The fourth-order valence-electron chi connectivity index (χ4n) is 2.71. The highest BCUT2D eigenvalue weighted by molar-refractivity contribution is 7.99. The molecule has 4 heteroatoms. The van der Waals surface area contributed by atoms with Gasteiger partial charge in [-0.3, -0.25) is 4.79 Å². The van der Waals surface area contributed by atoms with Crippen LogP contribution in [0, 0.1) is 0 Å². The number of rotatable bonds is 8. The van der Waals surface area contributed by atoms with Gasteiger partial charge in [0.25, 0.3) is 0 Å². The largest absolute Gasteiger partial charge is 0.355 e. The predicted octanol–water partition coefficient (Wildman–Crippen LogP) is 3.30. The normalized spacial score (nSPS) is 17.1. The number of carbonyl (C=O) groups is 1. The lowest BCUT2D eigenvalue weighted by Gasteiger charge is -2.26. The van der Waals surface area contributed by atoms with Crippen LogP contribution in [0.4, 0.5) is 0 Å². The molecule has 1 aliphatic heterocycles. The van der Waals surface area contributed by atoms with E-state index in [2.05, 4.69) is 22.3 Å². The first-order valence-electron chi connectivity index (χ1n) is 8.41. The van der Waals surface area contributed by atoms with Gasteiger partial charge in [-0.05, 0) is 51.4 Å². The Bertz CT molecular complexity index is 432. The molecule has 3 nitrogen and oxygen atoms in total. The Morgan fingerprint density at radius 1 is 1.23 bits per heavy atom. The maximum Gasteiger partial charge on any atom is 0.232 e. The van der Waals surface area contributed by atoms with Crippen molar-refractivity contribution >= 4 is 17.7 Å². The van der Waals surface area contributed by atoms with E-state index in [-0.39, 0.29) is 11.2 Å². The number of amides is 1. The van der Waals surface area contributed by atoms with Crippen LogP contribution in [0.5, 0.6) is 0 Å². The Hall–Kier alpha value is -1.00. The van der Waals surface area contributed by atoms with E-state index in [4.69, 9.17) is 0 Å². The fourth-order valence-corrected chi connectivity index (χ4v) is 3.58. The minimum Gasteiger partial charge on any atom is -0.355 e. The molecule has 0 aromatic heterocycles. The Balaban J connectivity index is 1.56. The summed E-state index contributed by atoms with van der Waals surface area (Å²) >= 11 is 1.70. The molecule has 22 heavy (non-hydrogen) atoms. The van der Waals surface area contributed by atoms with Gasteiger partial charge in [-0.15, -0.1) is 11.8 Å². The first kappa shape index (κ1) is 17.4. The molecule has 1 saturated heterocycles. The average Bonchev–Trinajstić information content (AvgIpc) is 2.58. The third kappa shape index (κ3) is 6.41. The van der Waals surface area contributed by atoms with Gasteiger partial charge in [0, 0.05) is 12.3 Å². The van der Waals surface area contributed by atoms with E-state index in [1.807, 2.05) is 25.1 Å². The minimum absolute atomic E-state index is 0.00944. The number of benzene rings is 1. The molecule has 0 saturated carbocycles. The topological polar surface area (TPSA) is 32.3 Å². The predicted molar refractivity (Wildman–Crippen MR) is 95.1 cm³/mol. The second-order valence-electron chi connectivity index (χ2n) is 5.99. The highest BCUT2D eigenvalue weighted by Crippen LogP contribution is 2.17. The lowest BCUT2D eigenvalue weighted by molar-refractivity contribution is -0.120. The Morgan fingerprint density at radius 2 is 1.95 bits per heavy atom. The van der Waals surface area contributed by atoms with E-state index in [9.17, 15) is 4.79 Å². The molecule has 1 atom stereocenters. The molecule has 0 bridgehead atoms. The van der Waals surface area contributed by atoms with Crippen LogP contribution >= 0.6 is 11.8 Å². The molecule has 0 aliphatic carbocycles. The van der Waals surface area contributed by atoms with Crippen molar-refractivity contribution in [2.24, 2.45) is 0 Å². The second kappa shape index (κ2) is 9.90. The van der Waals surface area contributed by atoms with Crippen LogP contribution in [0.2, 0.25) is 0 Å². The van der Waals surface area contributed by atoms with E-state index in [1.54, 1.807) is 11.8 Å². The summed E-state index contributed by atoms with van der Waals surface area (Å²) in [6.45, 7) is 6.37. The van der Waals surface area contributed by atoms with E-state index >= 15 is 0 Å². The monoisotopic (exact) mass is 320 g/mol. The summed E-state index contributed by atoms with van der Waals surface area (Å²) in [6.07, 6.45) is 5.10. The zero-order valence-electron chi connectivity index (χ0n) is 13.6. The van der Waals surface area contributed by atoms with Crippen LogP contribution in [0.3, 0.4) is 0 Å².